The largest absolute Gasteiger partial charge is 0.361 e. The van der Waals surface area contributed by atoms with Crippen molar-refractivity contribution in [3.8, 4) is 11.3 Å². The van der Waals surface area contributed by atoms with E-state index in [4.69, 9.17) is 21.2 Å². The van der Waals surface area contributed by atoms with Crippen LogP contribution < -0.4 is 0 Å². The minimum atomic E-state index is -0.130. The molecule has 2 heterocycles. The average Bonchev–Trinajstić information content (AvgIpc) is 3.32. The molecule has 7 heteroatoms. The van der Waals surface area contributed by atoms with Crippen LogP contribution in [0.1, 0.15) is 32.9 Å². The van der Waals surface area contributed by atoms with E-state index in [2.05, 4.69) is 5.16 Å². The molecular weight excluding hydrogens is 412 g/mol. The third kappa shape index (κ3) is 4.39. The van der Waals surface area contributed by atoms with Crippen LogP contribution in [0, 0.1) is 13.8 Å². The highest BCUT2D eigenvalue weighted by atomic mass is 35.5. The molecule has 4 aromatic rings. The fraction of sp³-hybridized carbons (Fsp3) is 0.208. The average molecular weight is 435 g/mol. The van der Waals surface area contributed by atoms with Crippen LogP contribution in [0.4, 0.5) is 0 Å². The molecular formula is C24H23ClN4O2. The van der Waals surface area contributed by atoms with Gasteiger partial charge in [0.25, 0.3) is 5.91 Å². The lowest BCUT2D eigenvalue weighted by Crippen LogP contribution is -2.27. The van der Waals surface area contributed by atoms with Crippen LogP contribution in [-0.4, -0.2) is 32.8 Å². The lowest BCUT2D eigenvalue weighted by molar-refractivity contribution is 0.0783. The van der Waals surface area contributed by atoms with Crippen molar-refractivity contribution in [3.63, 3.8) is 0 Å². The minimum absolute atomic E-state index is 0.130. The highest BCUT2D eigenvalue weighted by Gasteiger charge is 2.23. The van der Waals surface area contributed by atoms with Gasteiger partial charge in [0, 0.05) is 35.9 Å². The van der Waals surface area contributed by atoms with Gasteiger partial charge >= 0.3 is 0 Å². The first-order valence-electron chi connectivity index (χ1n) is 9.97. The number of carbonyl (C=O) groups is 1. The Kier molecular flexibility index (Phi) is 5.91. The summed E-state index contributed by atoms with van der Waals surface area (Å²) in [6, 6.07) is 17.7. The number of halogens is 1. The van der Waals surface area contributed by atoms with Gasteiger partial charge in [0.05, 0.1) is 17.9 Å². The van der Waals surface area contributed by atoms with Gasteiger partial charge in [-0.05, 0) is 25.5 Å². The van der Waals surface area contributed by atoms with Crippen LogP contribution in [0.25, 0.3) is 11.3 Å². The van der Waals surface area contributed by atoms with E-state index >= 15 is 0 Å². The maximum absolute atomic E-state index is 13.0. The number of rotatable bonds is 6. The summed E-state index contributed by atoms with van der Waals surface area (Å²) in [5.41, 5.74) is 4.86. The molecule has 0 aliphatic heterocycles. The zero-order valence-electron chi connectivity index (χ0n) is 17.7. The third-order valence-electron chi connectivity index (χ3n) is 5.18. The molecule has 31 heavy (non-hydrogen) atoms. The summed E-state index contributed by atoms with van der Waals surface area (Å²) >= 11 is 6.34. The van der Waals surface area contributed by atoms with Gasteiger partial charge in [0.2, 0.25) is 0 Å². The molecule has 0 aliphatic rings. The molecule has 0 saturated carbocycles. The van der Waals surface area contributed by atoms with Crippen molar-refractivity contribution in [1.29, 1.82) is 0 Å². The van der Waals surface area contributed by atoms with Crippen molar-refractivity contribution in [1.82, 2.24) is 19.8 Å². The van der Waals surface area contributed by atoms with Crippen molar-refractivity contribution in [2.75, 3.05) is 7.05 Å². The Bertz CT molecular complexity index is 1190. The van der Waals surface area contributed by atoms with Gasteiger partial charge in [-0.3, -0.25) is 9.48 Å². The molecule has 2 aromatic carbocycles. The van der Waals surface area contributed by atoms with E-state index in [0.29, 0.717) is 35.1 Å². The first-order valence-corrected chi connectivity index (χ1v) is 10.4. The lowest BCUT2D eigenvalue weighted by Gasteiger charge is -2.17. The Labute approximate surface area is 186 Å². The number of hydrogen-bond donors (Lipinski definition) is 0. The normalized spacial score (nSPS) is 11.0. The van der Waals surface area contributed by atoms with E-state index < -0.39 is 0 Å². The first kappa shape index (κ1) is 20.9. The maximum Gasteiger partial charge on any atom is 0.259 e. The SMILES string of the molecule is Cc1noc(C)c1C(=O)N(C)Cc1cn(Cc2ccccc2Cl)nc1-c1ccccc1. The number of hydrogen-bond acceptors (Lipinski definition) is 4. The zero-order chi connectivity index (χ0) is 22.0. The predicted molar refractivity (Wildman–Crippen MR) is 120 cm³/mol. The monoisotopic (exact) mass is 434 g/mol. The molecule has 6 nitrogen and oxygen atoms in total. The molecule has 0 aliphatic carbocycles. The molecule has 0 bridgehead atoms. The van der Waals surface area contributed by atoms with Gasteiger partial charge in [-0.2, -0.15) is 5.10 Å². The van der Waals surface area contributed by atoms with E-state index in [-0.39, 0.29) is 5.91 Å². The Morgan fingerprint density at radius 2 is 1.77 bits per heavy atom. The Hall–Kier alpha value is -3.38. The molecule has 158 valence electrons. The van der Waals surface area contributed by atoms with Crippen molar-refractivity contribution in [3.05, 3.63) is 94.0 Å². The van der Waals surface area contributed by atoms with Crippen LogP contribution in [0.5, 0.6) is 0 Å². The maximum atomic E-state index is 13.0. The summed E-state index contributed by atoms with van der Waals surface area (Å²) in [6.07, 6.45) is 1.97. The number of carbonyl (C=O) groups excluding carboxylic acids is 1. The van der Waals surface area contributed by atoms with Gasteiger partial charge in [-0.1, -0.05) is 65.3 Å². The second kappa shape index (κ2) is 8.78. The number of aryl methyl sites for hydroxylation is 2. The molecule has 0 spiro atoms. The second-order valence-electron chi connectivity index (χ2n) is 7.52. The Morgan fingerprint density at radius 3 is 2.45 bits per heavy atom. The molecule has 4 rings (SSSR count). The fourth-order valence-electron chi connectivity index (χ4n) is 3.61. The summed E-state index contributed by atoms with van der Waals surface area (Å²) in [4.78, 5) is 14.7. The Morgan fingerprint density at radius 1 is 1.06 bits per heavy atom. The number of amides is 1. The highest BCUT2D eigenvalue weighted by Crippen LogP contribution is 2.25. The van der Waals surface area contributed by atoms with E-state index in [9.17, 15) is 4.79 Å². The van der Waals surface area contributed by atoms with Crippen LogP contribution in [0.3, 0.4) is 0 Å². The first-order chi connectivity index (χ1) is 14.9. The molecule has 0 atom stereocenters. The highest BCUT2D eigenvalue weighted by molar-refractivity contribution is 6.31. The molecule has 2 aromatic heterocycles. The van der Waals surface area contributed by atoms with Gasteiger partial charge in [0.15, 0.2) is 0 Å². The summed E-state index contributed by atoms with van der Waals surface area (Å²) < 4.78 is 7.03. The number of nitrogens with zero attached hydrogens (tertiary/aromatic N) is 4. The molecule has 0 radical (unpaired) electrons. The van der Waals surface area contributed by atoms with Crippen molar-refractivity contribution in [2.24, 2.45) is 0 Å². The van der Waals surface area contributed by atoms with Gasteiger partial charge in [-0.25, -0.2) is 0 Å². The topological polar surface area (TPSA) is 64.2 Å². The Balaban J connectivity index is 1.66. The van der Waals surface area contributed by atoms with Gasteiger partial charge < -0.3 is 9.42 Å². The summed E-state index contributed by atoms with van der Waals surface area (Å²) in [7, 11) is 1.77. The molecule has 1 amide bonds. The number of benzene rings is 2. The van der Waals surface area contributed by atoms with Gasteiger partial charge in [-0.15, -0.1) is 0 Å². The smallest absolute Gasteiger partial charge is 0.259 e. The van der Waals surface area contributed by atoms with Crippen molar-refractivity contribution in [2.45, 2.75) is 26.9 Å². The van der Waals surface area contributed by atoms with Crippen molar-refractivity contribution < 1.29 is 9.32 Å². The number of aromatic nitrogens is 3. The predicted octanol–water partition coefficient (Wildman–Crippen LogP) is 5.13. The molecule has 0 fully saturated rings. The second-order valence-corrected chi connectivity index (χ2v) is 7.93. The minimum Gasteiger partial charge on any atom is -0.361 e. The lowest BCUT2D eigenvalue weighted by atomic mass is 10.1. The fourth-order valence-corrected chi connectivity index (χ4v) is 3.80. The van der Waals surface area contributed by atoms with Crippen LogP contribution >= 0.6 is 11.6 Å². The molecule has 0 N–H and O–H groups in total. The van der Waals surface area contributed by atoms with Crippen LogP contribution in [0.15, 0.2) is 65.3 Å². The quantitative estimate of drug-likeness (QED) is 0.422. The molecule has 0 saturated heterocycles. The van der Waals surface area contributed by atoms with E-state index in [1.165, 1.54) is 0 Å². The summed E-state index contributed by atoms with van der Waals surface area (Å²) in [5, 5.41) is 9.42. The standard InChI is InChI=1S/C24H23ClN4O2/c1-16-22(17(2)31-27-16)24(30)28(3)13-20-15-29(14-19-11-7-8-12-21(19)25)26-23(20)18-9-5-4-6-10-18/h4-12,15H,13-14H2,1-3H3. The summed E-state index contributed by atoms with van der Waals surface area (Å²) in [5.74, 6) is 0.390. The van der Waals surface area contributed by atoms with Crippen LogP contribution in [-0.2, 0) is 13.1 Å². The van der Waals surface area contributed by atoms with Crippen molar-refractivity contribution >= 4 is 17.5 Å². The third-order valence-corrected chi connectivity index (χ3v) is 5.55. The van der Waals surface area contributed by atoms with E-state index in [1.54, 1.807) is 25.8 Å². The van der Waals surface area contributed by atoms with E-state index in [0.717, 1.165) is 22.4 Å². The van der Waals surface area contributed by atoms with E-state index in [1.807, 2.05) is 65.5 Å². The zero-order valence-corrected chi connectivity index (χ0v) is 18.4. The molecule has 0 unspecified atom stereocenters. The van der Waals surface area contributed by atoms with Crippen LogP contribution in [0.2, 0.25) is 5.02 Å². The summed E-state index contributed by atoms with van der Waals surface area (Å²) in [6.45, 7) is 4.46. The van der Waals surface area contributed by atoms with Gasteiger partial charge in [0.1, 0.15) is 11.3 Å².